The number of amides is 1. The lowest BCUT2D eigenvalue weighted by Crippen LogP contribution is -2.57. The summed E-state index contributed by atoms with van der Waals surface area (Å²) in [5.41, 5.74) is 6.67. The van der Waals surface area contributed by atoms with Crippen LogP contribution < -0.4 is 10.5 Å². The maximum atomic E-state index is 14.5. The molecule has 0 radical (unpaired) electrons. The summed E-state index contributed by atoms with van der Waals surface area (Å²) in [6.45, 7) is -0.336. The number of nitrogens with zero attached hydrogens (tertiary/aromatic N) is 2. The molecule has 0 bridgehead atoms. The van der Waals surface area contributed by atoms with Crippen molar-refractivity contribution in [1.82, 2.24) is 9.88 Å². The molecule has 2 fully saturated rings. The van der Waals surface area contributed by atoms with Crippen LogP contribution in [0.3, 0.4) is 0 Å². The molecule has 1 saturated heterocycles. The molecule has 0 unspecified atom stereocenters. The number of aryl methyl sites for hydroxylation is 1. The van der Waals surface area contributed by atoms with Gasteiger partial charge in [-0.1, -0.05) is 0 Å². The number of morpholine rings is 1. The number of ether oxygens (including phenoxy) is 2. The number of hydrogen-bond acceptors (Lipinski definition) is 6. The number of fused-ring (bicyclic) bond motifs is 3. The molecule has 2 aromatic rings. The number of alkyl halides is 2. The van der Waals surface area contributed by atoms with Gasteiger partial charge in [-0.15, -0.1) is 11.3 Å². The molecule has 9 heteroatoms. The number of carbonyl (C=O) groups excluding carboxylic acids is 1. The number of rotatable bonds is 6. The van der Waals surface area contributed by atoms with Gasteiger partial charge in [-0.2, -0.15) is 0 Å². The molecular weight excluding hydrogens is 436 g/mol. The van der Waals surface area contributed by atoms with Crippen LogP contribution >= 0.6 is 11.3 Å². The number of halogens is 2. The minimum atomic E-state index is -1.25. The van der Waals surface area contributed by atoms with Crippen molar-refractivity contribution in [3.63, 3.8) is 0 Å². The molecule has 6 nitrogen and oxygen atoms in total. The van der Waals surface area contributed by atoms with Gasteiger partial charge in [-0.25, -0.2) is 13.8 Å². The topological polar surface area (TPSA) is 77.7 Å². The summed E-state index contributed by atoms with van der Waals surface area (Å²) in [5.74, 6) is 0.649. The standard InChI is InChI=1S/C23H29F2N3O3S/c24-10-15-11-30-12-19(25)28(15)14-2-4-16(5-3-14)31-17-7-8-27-23-22(17)21-13(9-20(26)29)1-6-18(21)32-23/h7-8,13-16,19H,1-6,9-12H2,(H2,26,29)/t13-,14-,15-,16-,19-/m1/s1. The molecule has 3 aliphatic rings. The van der Waals surface area contributed by atoms with Crippen molar-refractivity contribution in [1.29, 1.82) is 0 Å². The molecule has 3 atom stereocenters. The van der Waals surface area contributed by atoms with Crippen molar-refractivity contribution in [3.8, 4) is 5.75 Å². The number of hydrogen-bond donors (Lipinski definition) is 1. The zero-order valence-corrected chi connectivity index (χ0v) is 18.8. The van der Waals surface area contributed by atoms with Gasteiger partial charge in [-0.05, 0) is 56.1 Å². The fourth-order valence-corrected chi connectivity index (χ4v) is 6.93. The van der Waals surface area contributed by atoms with Gasteiger partial charge >= 0.3 is 0 Å². The summed E-state index contributed by atoms with van der Waals surface area (Å²) >= 11 is 1.68. The van der Waals surface area contributed by atoms with E-state index in [1.54, 1.807) is 22.4 Å². The van der Waals surface area contributed by atoms with Crippen molar-refractivity contribution in [2.24, 2.45) is 5.73 Å². The first-order valence-electron chi connectivity index (χ1n) is 11.5. The number of carbonyl (C=O) groups is 1. The molecule has 1 saturated carbocycles. The molecule has 0 spiro atoms. The van der Waals surface area contributed by atoms with Crippen LogP contribution in [0.4, 0.5) is 8.78 Å². The molecule has 2 aromatic heterocycles. The predicted octanol–water partition coefficient (Wildman–Crippen LogP) is 3.86. The maximum absolute atomic E-state index is 14.5. The van der Waals surface area contributed by atoms with E-state index in [4.69, 9.17) is 15.2 Å². The van der Waals surface area contributed by atoms with Crippen LogP contribution in [0.25, 0.3) is 10.2 Å². The fraction of sp³-hybridized carbons (Fsp3) is 0.652. The van der Waals surface area contributed by atoms with E-state index < -0.39 is 19.0 Å². The Morgan fingerprint density at radius 1 is 1.28 bits per heavy atom. The number of aromatic nitrogens is 1. The largest absolute Gasteiger partial charge is 0.490 e. The molecule has 2 aliphatic carbocycles. The van der Waals surface area contributed by atoms with E-state index in [0.717, 1.165) is 54.5 Å². The Kier molecular flexibility index (Phi) is 6.31. The highest BCUT2D eigenvalue weighted by atomic mass is 32.1. The summed E-state index contributed by atoms with van der Waals surface area (Å²) in [5, 5.41) is 1.02. The lowest BCUT2D eigenvalue weighted by atomic mass is 9.90. The van der Waals surface area contributed by atoms with Gasteiger partial charge in [0, 0.05) is 23.5 Å². The highest BCUT2D eigenvalue weighted by Crippen LogP contribution is 2.48. The van der Waals surface area contributed by atoms with E-state index in [1.807, 2.05) is 6.07 Å². The highest BCUT2D eigenvalue weighted by molar-refractivity contribution is 7.19. The van der Waals surface area contributed by atoms with Gasteiger partial charge in [-0.3, -0.25) is 9.69 Å². The quantitative estimate of drug-likeness (QED) is 0.656. The summed E-state index contributed by atoms with van der Waals surface area (Å²) < 4.78 is 39.5. The van der Waals surface area contributed by atoms with Gasteiger partial charge in [0.05, 0.1) is 30.7 Å². The van der Waals surface area contributed by atoms with Crippen LogP contribution in [0.5, 0.6) is 5.75 Å². The van der Waals surface area contributed by atoms with Crippen LogP contribution in [0, 0.1) is 0 Å². The first kappa shape index (κ1) is 22.0. The molecular formula is C23H29F2N3O3S. The molecule has 32 heavy (non-hydrogen) atoms. The van der Waals surface area contributed by atoms with E-state index in [9.17, 15) is 13.6 Å². The van der Waals surface area contributed by atoms with Crippen molar-refractivity contribution in [2.75, 3.05) is 19.9 Å². The second-order valence-corrected chi connectivity index (χ2v) is 10.2. The third kappa shape index (κ3) is 4.10. The Balaban J connectivity index is 1.31. The molecule has 1 amide bonds. The zero-order chi connectivity index (χ0) is 22.2. The first-order chi connectivity index (χ1) is 15.5. The molecule has 174 valence electrons. The van der Waals surface area contributed by atoms with Gasteiger partial charge in [0.25, 0.3) is 0 Å². The van der Waals surface area contributed by atoms with Gasteiger partial charge in [0.1, 0.15) is 17.3 Å². The van der Waals surface area contributed by atoms with Crippen LogP contribution in [0.2, 0.25) is 0 Å². The second kappa shape index (κ2) is 9.19. The average molecular weight is 466 g/mol. The predicted molar refractivity (Wildman–Crippen MR) is 118 cm³/mol. The summed E-state index contributed by atoms with van der Waals surface area (Å²) in [6.07, 6.45) is 5.86. The van der Waals surface area contributed by atoms with E-state index in [0.29, 0.717) is 6.42 Å². The number of pyridine rings is 1. The smallest absolute Gasteiger partial charge is 0.218 e. The Morgan fingerprint density at radius 2 is 2.09 bits per heavy atom. The van der Waals surface area contributed by atoms with Crippen molar-refractivity contribution in [2.45, 2.75) is 75.3 Å². The third-order valence-corrected chi connectivity index (χ3v) is 8.26. The Labute approximate surface area is 190 Å². The zero-order valence-electron chi connectivity index (χ0n) is 18.0. The minimum absolute atomic E-state index is 0.0114. The Bertz CT molecular complexity index is 979. The Morgan fingerprint density at radius 3 is 2.84 bits per heavy atom. The summed E-state index contributed by atoms with van der Waals surface area (Å²) in [6, 6.07) is 1.41. The van der Waals surface area contributed by atoms with E-state index >= 15 is 0 Å². The molecule has 0 aromatic carbocycles. The van der Waals surface area contributed by atoms with E-state index in [-0.39, 0.29) is 37.2 Å². The van der Waals surface area contributed by atoms with Crippen molar-refractivity contribution in [3.05, 3.63) is 22.7 Å². The third-order valence-electron chi connectivity index (χ3n) is 7.09. The number of nitrogens with two attached hydrogens (primary N) is 1. The SMILES string of the molecule is NC(=O)C[C@H]1CCc2sc3nccc(O[C@H]4CC[C@H](N5[C@H](CF)COC[C@@H]5F)CC4)c3c21. The maximum Gasteiger partial charge on any atom is 0.218 e. The minimum Gasteiger partial charge on any atom is -0.490 e. The van der Waals surface area contributed by atoms with Crippen LogP contribution in [-0.4, -0.2) is 60.2 Å². The van der Waals surface area contributed by atoms with E-state index in [2.05, 4.69) is 4.98 Å². The summed E-state index contributed by atoms with van der Waals surface area (Å²) in [4.78, 5) is 20.0. The average Bonchev–Trinajstić information content (AvgIpc) is 3.34. The van der Waals surface area contributed by atoms with Gasteiger partial charge in [0.15, 0.2) is 6.30 Å². The monoisotopic (exact) mass is 465 g/mol. The fourth-order valence-electron chi connectivity index (χ4n) is 5.67. The lowest BCUT2D eigenvalue weighted by Gasteiger charge is -2.44. The first-order valence-corrected chi connectivity index (χ1v) is 12.3. The normalized spacial score (nSPS) is 31.0. The summed E-state index contributed by atoms with van der Waals surface area (Å²) in [7, 11) is 0. The molecule has 3 heterocycles. The van der Waals surface area contributed by atoms with Crippen LogP contribution in [-0.2, 0) is 16.0 Å². The number of primary amides is 1. The highest BCUT2D eigenvalue weighted by Gasteiger charge is 2.39. The van der Waals surface area contributed by atoms with Crippen LogP contribution in [0.15, 0.2) is 12.3 Å². The van der Waals surface area contributed by atoms with Crippen molar-refractivity contribution < 1.29 is 23.0 Å². The second-order valence-electron chi connectivity index (χ2n) is 9.11. The number of thiophene rings is 1. The Hall–Kier alpha value is -1.84. The molecule has 2 N–H and O–H groups in total. The lowest BCUT2D eigenvalue weighted by molar-refractivity contribution is -0.130. The van der Waals surface area contributed by atoms with Crippen molar-refractivity contribution >= 4 is 27.5 Å². The van der Waals surface area contributed by atoms with Crippen LogP contribution in [0.1, 0.15) is 54.9 Å². The van der Waals surface area contributed by atoms with Gasteiger partial charge in [0.2, 0.25) is 5.91 Å². The van der Waals surface area contributed by atoms with Gasteiger partial charge < -0.3 is 15.2 Å². The molecule has 5 rings (SSSR count). The van der Waals surface area contributed by atoms with E-state index in [1.165, 1.54) is 10.4 Å². The molecule has 1 aliphatic heterocycles.